The molecule has 36 heavy (non-hydrogen) atoms. The average molecular weight is 546 g/mol. The van der Waals surface area contributed by atoms with Gasteiger partial charge in [0.05, 0.1) is 30.4 Å². The molecule has 0 amide bonds. The number of nitriles is 1. The highest BCUT2D eigenvalue weighted by Gasteiger charge is 2.12. The van der Waals surface area contributed by atoms with Crippen molar-refractivity contribution in [1.29, 1.82) is 5.26 Å². The summed E-state index contributed by atoms with van der Waals surface area (Å²) < 4.78 is 11.6. The van der Waals surface area contributed by atoms with Crippen LogP contribution in [0.15, 0.2) is 93.9 Å². The van der Waals surface area contributed by atoms with Gasteiger partial charge in [-0.1, -0.05) is 58.4 Å². The average Bonchev–Trinajstić information content (AvgIpc) is 2.91. The van der Waals surface area contributed by atoms with Gasteiger partial charge in [-0.25, -0.2) is 0 Å². The van der Waals surface area contributed by atoms with Crippen LogP contribution in [-0.2, 0) is 6.42 Å². The van der Waals surface area contributed by atoms with E-state index in [1.807, 2.05) is 42.5 Å². The fourth-order valence-corrected chi connectivity index (χ4v) is 3.96. The zero-order valence-electron chi connectivity index (χ0n) is 19.8. The maximum absolute atomic E-state index is 10.8. The molecule has 0 unspecified atom stereocenters. The molecule has 0 saturated heterocycles. The minimum Gasteiger partial charge on any atom is -0.493 e. The monoisotopic (exact) mass is 545 g/mol. The molecule has 0 fully saturated rings. The van der Waals surface area contributed by atoms with Gasteiger partial charge in [0.1, 0.15) is 6.07 Å². The Morgan fingerprint density at radius 2 is 1.75 bits per heavy atom. The summed E-state index contributed by atoms with van der Waals surface area (Å²) in [7, 11) is 3.18. The number of hydrogen-bond donors (Lipinski definition) is 0. The van der Waals surface area contributed by atoms with Crippen molar-refractivity contribution in [3.8, 4) is 17.6 Å². The predicted molar refractivity (Wildman–Crippen MR) is 145 cm³/mol. The maximum Gasteiger partial charge on any atom is 0.269 e. The molecule has 3 aromatic rings. The molecule has 0 radical (unpaired) electrons. The summed E-state index contributed by atoms with van der Waals surface area (Å²) in [5.74, 6) is 1.27. The van der Waals surface area contributed by atoms with Gasteiger partial charge in [0, 0.05) is 28.7 Å². The van der Waals surface area contributed by atoms with Crippen molar-refractivity contribution in [1.82, 2.24) is 0 Å². The van der Waals surface area contributed by atoms with Crippen LogP contribution in [0.1, 0.15) is 16.7 Å². The molecular formula is C28H24BrN3O4. The first-order valence-corrected chi connectivity index (χ1v) is 11.8. The van der Waals surface area contributed by atoms with Gasteiger partial charge in [0.2, 0.25) is 0 Å². The summed E-state index contributed by atoms with van der Waals surface area (Å²) in [6.45, 7) is 0.448. The number of nitro benzene ring substituents is 1. The zero-order chi connectivity index (χ0) is 25.9. The Labute approximate surface area is 218 Å². The molecule has 3 rings (SSSR count). The lowest BCUT2D eigenvalue weighted by Gasteiger charge is -2.12. The molecule has 0 saturated carbocycles. The number of non-ortho nitro benzene ring substituents is 1. The van der Waals surface area contributed by atoms with Crippen LogP contribution in [0.3, 0.4) is 0 Å². The standard InChI is InChI=1S/C28H24BrN3O4/c1-35-26-17-22(25(29)18-27(26)36-2)15-16-31-28(21-8-4-3-5-9-21)23(19-30)10-6-7-20-11-13-24(14-12-20)32(33)34/h3-14,17-18H,15-16H2,1-2H3/b7-6+,23-10+,31-28?. The molecule has 8 heteroatoms. The highest BCUT2D eigenvalue weighted by atomic mass is 79.9. The van der Waals surface area contributed by atoms with Gasteiger partial charge in [0.25, 0.3) is 5.69 Å². The van der Waals surface area contributed by atoms with E-state index >= 15 is 0 Å². The first-order chi connectivity index (χ1) is 17.5. The molecule has 0 N–H and O–H groups in total. The lowest BCUT2D eigenvalue weighted by molar-refractivity contribution is -0.384. The lowest BCUT2D eigenvalue weighted by Crippen LogP contribution is -2.06. The van der Waals surface area contributed by atoms with Crippen molar-refractivity contribution in [3.05, 3.63) is 116 Å². The topological polar surface area (TPSA) is 97.8 Å². The molecule has 3 aromatic carbocycles. The van der Waals surface area contributed by atoms with E-state index in [4.69, 9.17) is 14.5 Å². The number of benzene rings is 3. The van der Waals surface area contributed by atoms with Crippen molar-refractivity contribution < 1.29 is 14.4 Å². The number of methoxy groups -OCH3 is 2. The van der Waals surface area contributed by atoms with E-state index < -0.39 is 4.92 Å². The number of halogens is 1. The summed E-state index contributed by atoms with van der Waals surface area (Å²) in [5.41, 5.74) is 3.64. The van der Waals surface area contributed by atoms with Crippen molar-refractivity contribution in [3.63, 3.8) is 0 Å². The van der Waals surface area contributed by atoms with E-state index in [1.54, 1.807) is 44.6 Å². The van der Waals surface area contributed by atoms with Crippen molar-refractivity contribution >= 4 is 33.4 Å². The Hall–Kier alpha value is -4.22. The number of ether oxygens (including phenoxy) is 2. The van der Waals surface area contributed by atoms with Crippen LogP contribution in [0.2, 0.25) is 0 Å². The van der Waals surface area contributed by atoms with Crippen molar-refractivity contribution in [2.45, 2.75) is 6.42 Å². The summed E-state index contributed by atoms with van der Waals surface area (Å²) in [6, 6.07) is 21.7. The third-order valence-electron chi connectivity index (χ3n) is 5.28. The van der Waals surface area contributed by atoms with Crippen LogP contribution in [0.25, 0.3) is 6.08 Å². The Bertz CT molecular complexity index is 1340. The minimum atomic E-state index is -0.440. The van der Waals surface area contributed by atoms with E-state index in [0.717, 1.165) is 21.2 Å². The Morgan fingerprint density at radius 3 is 2.36 bits per heavy atom. The van der Waals surface area contributed by atoms with Crippen LogP contribution >= 0.6 is 15.9 Å². The molecule has 0 atom stereocenters. The van der Waals surface area contributed by atoms with E-state index in [0.29, 0.717) is 35.7 Å². The number of aliphatic imine (C=N–C) groups is 1. The third kappa shape index (κ3) is 6.90. The van der Waals surface area contributed by atoms with Crippen LogP contribution in [0.4, 0.5) is 5.69 Å². The summed E-state index contributed by atoms with van der Waals surface area (Å²) in [4.78, 5) is 15.2. The smallest absolute Gasteiger partial charge is 0.269 e. The Morgan fingerprint density at radius 1 is 1.08 bits per heavy atom. The summed E-state index contributed by atoms with van der Waals surface area (Å²) in [6.07, 6.45) is 5.84. The van der Waals surface area contributed by atoms with Gasteiger partial charge in [-0.15, -0.1) is 0 Å². The number of rotatable bonds is 10. The number of hydrogen-bond acceptors (Lipinski definition) is 6. The molecule has 0 aliphatic carbocycles. The molecule has 0 spiro atoms. The number of allylic oxidation sites excluding steroid dienone is 3. The molecule has 0 bridgehead atoms. The van der Waals surface area contributed by atoms with Gasteiger partial charge in [-0.05, 0) is 47.9 Å². The largest absolute Gasteiger partial charge is 0.493 e. The number of nitrogens with zero attached hydrogens (tertiary/aromatic N) is 3. The summed E-state index contributed by atoms with van der Waals surface area (Å²) >= 11 is 3.58. The van der Waals surface area contributed by atoms with E-state index in [1.165, 1.54) is 12.1 Å². The zero-order valence-corrected chi connectivity index (χ0v) is 21.4. The first kappa shape index (κ1) is 26.4. The predicted octanol–water partition coefficient (Wildman–Crippen LogP) is 6.57. The highest BCUT2D eigenvalue weighted by Crippen LogP contribution is 2.33. The fraction of sp³-hybridized carbons (Fsp3) is 0.143. The van der Waals surface area contributed by atoms with Gasteiger partial charge in [0.15, 0.2) is 11.5 Å². The molecule has 7 nitrogen and oxygen atoms in total. The molecular weight excluding hydrogens is 522 g/mol. The molecule has 0 aliphatic rings. The van der Waals surface area contributed by atoms with Gasteiger partial charge >= 0.3 is 0 Å². The Kier molecular flexibility index (Phi) is 9.55. The highest BCUT2D eigenvalue weighted by molar-refractivity contribution is 9.10. The van der Waals surface area contributed by atoms with E-state index in [9.17, 15) is 15.4 Å². The second-order valence-electron chi connectivity index (χ2n) is 7.54. The van der Waals surface area contributed by atoms with Crippen LogP contribution < -0.4 is 9.47 Å². The van der Waals surface area contributed by atoms with Gasteiger partial charge < -0.3 is 9.47 Å². The van der Waals surface area contributed by atoms with Crippen LogP contribution in [-0.4, -0.2) is 31.4 Å². The van der Waals surface area contributed by atoms with Gasteiger partial charge in [-0.3, -0.25) is 15.1 Å². The minimum absolute atomic E-state index is 0.0278. The molecule has 0 aliphatic heterocycles. The quantitative estimate of drug-likeness (QED) is 0.0942. The molecule has 0 aromatic heterocycles. The SMILES string of the molecule is COc1cc(Br)c(CCN=C(/C(C#N)=C/C=C/c2ccc([N+](=O)[O-])cc2)c2ccccc2)cc1OC. The van der Waals surface area contributed by atoms with E-state index in [2.05, 4.69) is 22.0 Å². The normalized spacial score (nSPS) is 11.8. The Balaban J connectivity index is 1.86. The van der Waals surface area contributed by atoms with E-state index in [-0.39, 0.29) is 5.69 Å². The second kappa shape index (κ2) is 13.0. The second-order valence-corrected chi connectivity index (χ2v) is 8.40. The van der Waals surface area contributed by atoms with Crippen LogP contribution in [0.5, 0.6) is 11.5 Å². The lowest BCUT2D eigenvalue weighted by atomic mass is 10.0. The summed E-state index contributed by atoms with van der Waals surface area (Å²) in [5, 5.41) is 20.7. The fourth-order valence-electron chi connectivity index (χ4n) is 3.44. The molecule has 182 valence electrons. The molecule has 0 heterocycles. The third-order valence-corrected chi connectivity index (χ3v) is 6.02. The van der Waals surface area contributed by atoms with Crippen molar-refractivity contribution in [2.24, 2.45) is 4.99 Å². The van der Waals surface area contributed by atoms with Gasteiger partial charge in [-0.2, -0.15) is 5.26 Å². The number of nitro groups is 1. The first-order valence-electron chi connectivity index (χ1n) is 11.0. The van der Waals surface area contributed by atoms with Crippen LogP contribution in [0, 0.1) is 21.4 Å². The maximum atomic E-state index is 10.8. The van der Waals surface area contributed by atoms with Crippen molar-refractivity contribution in [2.75, 3.05) is 20.8 Å².